The molecule has 3 aromatic rings. The zero-order valence-corrected chi connectivity index (χ0v) is 24.4. The maximum atomic E-state index is 10.2. The molecule has 0 saturated carbocycles. The molecule has 39 heavy (non-hydrogen) atoms. The smallest absolute Gasteiger partial charge is 0.335 e. The summed E-state index contributed by atoms with van der Waals surface area (Å²) in [5.41, 5.74) is 5.68. The molecular formula is C34H49N3O2. The van der Waals surface area contributed by atoms with E-state index in [1.165, 1.54) is 83.5 Å². The molecule has 0 aliphatic rings. The van der Waals surface area contributed by atoms with Gasteiger partial charge in [0.1, 0.15) is 0 Å². The summed E-state index contributed by atoms with van der Waals surface area (Å²) in [5.74, 6) is -0.879. The Bertz CT molecular complexity index is 1070. The summed E-state index contributed by atoms with van der Waals surface area (Å²) in [6.07, 6.45) is 20.0. The minimum absolute atomic E-state index is 0.331. The van der Waals surface area contributed by atoms with E-state index >= 15 is 0 Å². The fraction of sp³-hybridized carbons (Fsp3) is 0.500. The Morgan fingerprint density at radius 2 is 1.36 bits per heavy atom. The first-order valence-electron chi connectivity index (χ1n) is 14.9. The van der Waals surface area contributed by atoms with Gasteiger partial charge in [0.25, 0.3) is 0 Å². The number of hydrogen-bond donors (Lipinski definition) is 2. The lowest BCUT2D eigenvalue weighted by molar-refractivity contribution is 0.0697. The van der Waals surface area contributed by atoms with Gasteiger partial charge in [-0.2, -0.15) is 0 Å². The van der Waals surface area contributed by atoms with Gasteiger partial charge in [-0.25, -0.2) is 4.79 Å². The summed E-state index contributed by atoms with van der Waals surface area (Å²) < 4.78 is 0. The Kier molecular flexibility index (Phi) is 16.2. The predicted molar refractivity (Wildman–Crippen MR) is 165 cm³/mol. The maximum absolute atomic E-state index is 10.2. The van der Waals surface area contributed by atoms with Crippen LogP contribution in [0.2, 0.25) is 0 Å². The molecule has 5 nitrogen and oxygen atoms in total. The van der Waals surface area contributed by atoms with Crippen LogP contribution in [-0.2, 0) is 0 Å². The molecule has 0 fully saturated rings. The molecule has 0 unspecified atom stereocenters. The molecule has 0 saturated heterocycles. The van der Waals surface area contributed by atoms with Gasteiger partial charge in [0.2, 0.25) is 0 Å². The third-order valence-electron chi connectivity index (χ3n) is 6.89. The van der Waals surface area contributed by atoms with Crippen LogP contribution in [0, 0.1) is 13.8 Å². The Labute approximate surface area is 236 Å². The SMILES string of the molecule is CCCCCCCCCCCCCCCNc1ccnc(-c2ccc(C)nc2C)c1.O=C(O)c1ccccc1. The van der Waals surface area contributed by atoms with E-state index in [0.29, 0.717) is 5.56 Å². The molecule has 0 atom stereocenters. The van der Waals surface area contributed by atoms with Crippen molar-refractivity contribution in [3.05, 3.63) is 77.7 Å². The molecule has 2 N–H and O–H groups in total. The highest BCUT2D eigenvalue weighted by Gasteiger charge is 2.05. The van der Waals surface area contributed by atoms with Crippen molar-refractivity contribution in [1.82, 2.24) is 9.97 Å². The molecule has 3 rings (SSSR count). The van der Waals surface area contributed by atoms with Crippen molar-refractivity contribution < 1.29 is 9.90 Å². The molecular weight excluding hydrogens is 482 g/mol. The number of aromatic carboxylic acids is 1. The lowest BCUT2D eigenvalue weighted by atomic mass is 10.0. The number of nitrogens with zero attached hydrogens (tertiary/aromatic N) is 2. The highest BCUT2D eigenvalue weighted by atomic mass is 16.4. The number of aryl methyl sites for hydroxylation is 2. The molecule has 212 valence electrons. The molecule has 2 heterocycles. The van der Waals surface area contributed by atoms with Crippen LogP contribution in [0.4, 0.5) is 5.69 Å². The number of rotatable bonds is 17. The van der Waals surface area contributed by atoms with Crippen molar-refractivity contribution >= 4 is 11.7 Å². The number of aromatic nitrogens is 2. The normalized spacial score (nSPS) is 10.5. The molecule has 1 aromatic carbocycles. The van der Waals surface area contributed by atoms with E-state index in [1.54, 1.807) is 30.3 Å². The van der Waals surface area contributed by atoms with Gasteiger partial charge in [-0.15, -0.1) is 0 Å². The van der Waals surface area contributed by atoms with E-state index in [1.807, 2.05) is 13.1 Å². The van der Waals surface area contributed by atoms with Crippen LogP contribution in [-0.4, -0.2) is 27.6 Å². The molecule has 0 aliphatic carbocycles. The van der Waals surface area contributed by atoms with E-state index in [2.05, 4.69) is 53.4 Å². The van der Waals surface area contributed by atoms with Gasteiger partial charge in [0.15, 0.2) is 0 Å². The van der Waals surface area contributed by atoms with Crippen LogP contribution in [0.3, 0.4) is 0 Å². The highest BCUT2D eigenvalue weighted by Crippen LogP contribution is 2.23. The first-order valence-corrected chi connectivity index (χ1v) is 14.9. The van der Waals surface area contributed by atoms with Gasteiger partial charge < -0.3 is 10.4 Å². The second kappa shape index (κ2) is 19.8. The average Bonchev–Trinajstić information content (AvgIpc) is 2.94. The number of nitrogens with one attached hydrogen (secondary N) is 1. The summed E-state index contributed by atoms with van der Waals surface area (Å²) in [4.78, 5) is 19.3. The predicted octanol–water partition coefficient (Wildman–Crippen LogP) is 9.65. The molecule has 0 amide bonds. The number of carbonyl (C=O) groups is 1. The first-order chi connectivity index (χ1) is 19.0. The van der Waals surface area contributed by atoms with E-state index in [9.17, 15) is 4.79 Å². The quantitative estimate of drug-likeness (QED) is 0.170. The number of benzene rings is 1. The Morgan fingerprint density at radius 1 is 0.769 bits per heavy atom. The van der Waals surface area contributed by atoms with Gasteiger partial charge in [0, 0.05) is 35.4 Å². The van der Waals surface area contributed by atoms with Crippen LogP contribution in [0.5, 0.6) is 0 Å². The third kappa shape index (κ3) is 13.9. The summed E-state index contributed by atoms with van der Waals surface area (Å²) in [5, 5.41) is 11.9. The third-order valence-corrected chi connectivity index (χ3v) is 6.89. The number of carboxylic acids is 1. The topological polar surface area (TPSA) is 75.1 Å². The van der Waals surface area contributed by atoms with E-state index in [0.717, 1.165) is 34.9 Å². The van der Waals surface area contributed by atoms with Gasteiger partial charge in [-0.1, -0.05) is 102 Å². The molecule has 5 heteroatoms. The largest absolute Gasteiger partial charge is 0.478 e. The second-order valence-corrected chi connectivity index (χ2v) is 10.4. The number of hydrogen-bond acceptors (Lipinski definition) is 4. The Morgan fingerprint density at radius 3 is 1.90 bits per heavy atom. The highest BCUT2D eigenvalue weighted by molar-refractivity contribution is 5.87. The number of carboxylic acid groups (broad SMARTS) is 1. The average molecular weight is 532 g/mol. The van der Waals surface area contributed by atoms with Crippen LogP contribution < -0.4 is 5.32 Å². The van der Waals surface area contributed by atoms with Crippen molar-refractivity contribution in [2.45, 2.75) is 104 Å². The second-order valence-electron chi connectivity index (χ2n) is 10.4. The number of pyridine rings is 2. The monoisotopic (exact) mass is 531 g/mol. The standard InChI is InChI=1S/C27H43N3.C7H6O2/c1-4-5-6-7-8-9-10-11-12-13-14-15-16-20-28-25-19-21-29-27(22-25)26-18-17-23(2)30-24(26)3;8-7(9)6-4-2-1-3-5-6/h17-19,21-22H,4-16,20H2,1-3H3,(H,28,29);1-5H,(H,8,9). The zero-order valence-electron chi connectivity index (χ0n) is 24.4. The van der Waals surface area contributed by atoms with Crippen LogP contribution >= 0.6 is 0 Å². The summed E-state index contributed by atoms with van der Waals surface area (Å²) in [6, 6.07) is 16.7. The minimum Gasteiger partial charge on any atom is -0.478 e. The van der Waals surface area contributed by atoms with Crippen LogP contribution in [0.1, 0.15) is 112 Å². The van der Waals surface area contributed by atoms with Gasteiger partial charge in [-0.3, -0.25) is 9.97 Å². The van der Waals surface area contributed by atoms with Gasteiger partial charge in [-0.05, 0) is 56.7 Å². The molecule has 0 spiro atoms. The fourth-order valence-electron chi connectivity index (χ4n) is 4.60. The van der Waals surface area contributed by atoms with Crippen molar-refractivity contribution in [2.75, 3.05) is 11.9 Å². The summed E-state index contributed by atoms with van der Waals surface area (Å²) in [7, 11) is 0. The Balaban J connectivity index is 0.000000499. The van der Waals surface area contributed by atoms with Crippen molar-refractivity contribution in [1.29, 1.82) is 0 Å². The van der Waals surface area contributed by atoms with Gasteiger partial charge in [0.05, 0.1) is 11.3 Å². The van der Waals surface area contributed by atoms with E-state index < -0.39 is 5.97 Å². The van der Waals surface area contributed by atoms with E-state index in [4.69, 9.17) is 5.11 Å². The summed E-state index contributed by atoms with van der Waals surface area (Å²) in [6.45, 7) is 7.40. The minimum atomic E-state index is -0.879. The Hall–Kier alpha value is -3.21. The number of anilines is 1. The van der Waals surface area contributed by atoms with Crippen molar-refractivity contribution in [2.24, 2.45) is 0 Å². The zero-order chi connectivity index (χ0) is 28.1. The van der Waals surface area contributed by atoms with E-state index in [-0.39, 0.29) is 0 Å². The first kappa shape index (κ1) is 32.0. The molecule has 0 bridgehead atoms. The van der Waals surface area contributed by atoms with Crippen molar-refractivity contribution in [3.63, 3.8) is 0 Å². The molecule has 0 aliphatic heterocycles. The lowest BCUT2D eigenvalue weighted by Crippen LogP contribution is -2.02. The van der Waals surface area contributed by atoms with Crippen LogP contribution in [0.15, 0.2) is 60.8 Å². The fourth-order valence-corrected chi connectivity index (χ4v) is 4.60. The summed E-state index contributed by atoms with van der Waals surface area (Å²) >= 11 is 0. The molecule has 2 aromatic heterocycles. The van der Waals surface area contributed by atoms with Gasteiger partial charge >= 0.3 is 5.97 Å². The van der Waals surface area contributed by atoms with Crippen LogP contribution in [0.25, 0.3) is 11.3 Å². The van der Waals surface area contributed by atoms with Crippen molar-refractivity contribution in [3.8, 4) is 11.3 Å². The lowest BCUT2D eigenvalue weighted by Gasteiger charge is -2.10. The maximum Gasteiger partial charge on any atom is 0.335 e. The number of unbranched alkanes of at least 4 members (excludes halogenated alkanes) is 12. The molecule has 0 radical (unpaired) electrons.